The van der Waals surface area contributed by atoms with Gasteiger partial charge in [0.2, 0.25) is 5.91 Å². The van der Waals surface area contributed by atoms with E-state index >= 15 is 0 Å². The van der Waals surface area contributed by atoms with Gasteiger partial charge in [-0.05, 0) is 62.3 Å². The largest absolute Gasteiger partial charge is 0.389 e. The number of hydrogen-bond acceptors (Lipinski definition) is 2. The molecule has 0 unspecified atom stereocenters. The zero-order valence-electron chi connectivity index (χ0n) is 15.9. The van der Waals surface area contributed by atoms with Crippen molar-refractivity contribution in [2.24, 2.45) is 23.7 Å². The number of aliphatic hydroxyl groups is 1. The molecule has 146 valence electrons. The second-order valence-corrected chi connectivity index (χ2v) is 10.6. The Morgan fingerprint density at radius 1 is 1.15 bits per heavy atom. The van der Waals surface area contributed by atoms with Gasteiger partial charge >= 0.3 is 0 Å². The molecule has 2 N–H and O–H groups in total. The molecule has 0 radical (unpaired) electrons. The van der Waals surface area contributed by atoms with E-state index in [9.17, 15) is 9.90 Å². The molecule has 5 aliphatic rings. The number of benzene rings is 1. The van der Waals surface area contributed by atoms with E-state index in [1.807, 2.05) is 18.2 Å². The van der Waals surface area contributed by atoms with Gasteiger partial charge in [0, 0.05) is 16.7 Å². The van der Waals surface area contributed by atoms with E-state index in [0.29, 0.717) is 18.3 Å². The fourth-order valence-electron chi connectivity index (χ4n) is 7.13. The van der Waals surface area contributed by atoms with Crippen molar-refractivity contribution in [3.63, 3.8) is 0 Å². The second kappa shape index (κ2) is 6.49. The summed E-state index contributed by atoms with van der Waals surface area (Å²) in [5, 5.41) is 15.1. The number of hydrogen-bond donors (Lipinski definition) is 2. The van der Waals surface area contributed by atoms with Crippen LogP contribution in [0.15, 0.2) is 30.3 Å². The standard InChI is InChI=1S/C23H30ClNO2/c24-22-11-15-10-18(13-22)19(23(27,12-15)14-22)20(16-6-2-1-3-7-16)25-21(26)17-8-4-5-9-17/h1-3,6-7,15,17-20,27H,4-5,8-14H2,(H,25,26)/t15-,18+,19-,20+,22+,23+/m1/s1. The molecule has 0 saturated heterocycles. The van der Waals surface area contributed by atoms with Crippen molar-refractivity contribution in [1.29, 1.82) is 0 Å². The summed E-state index contributed by atoms with van der Waals surface area (Å²) < 4.78 is 0. The Balaban J connectivity index is 1.48. The molecule has 5 fully saturated rings. The van der Waals surface area contributed by atoms with Crippen LogP contribution in [-0.4, -0.2) is 21.5 Å². The number of carbonyl (C=O) groups is 1. The molecule has 0 heterocycles. The molecule has 5 saturated carbocycles. The Morgan fingerprint density at radius 2 is 1.89 bits per heavy atom. The van der Waals surface area contributed by atoms with Gasteiger partial charge in [0.1, 0.15) is 0 Å². The number of alkyl halides is 1. The summed E-state index contributed by atoms with van der Waals surface area (Å²) in [6.07, 6.45) is 8.97. The molecule has 1 aromatic carbocycles. The van der Waals surface area contributed by atoms with E-state index in [1.54, 1.807) is 0 Å². The SMILES string of the molecule is O=C(N[C@@H](c1ccccc1)[C@H]1[C@H]2C[C@@H]3C[C@](Cl)(C2)C[C@@]1(O)C3)C1CCCC1. The van der Waals surface area contributed by atoms with Crippen LogP contribution < -0.4 is 5.32 Å². The van der Waals surface area contributed by atoms with Crippen molar-refractivity contribution in [2.75, 3.05) is 0 Å². The smallest absolute Gasteiger partial charge is 0.223 e. The first-order chi connectivity index (χ1) is 13.0. The molecule has 0 aliphatic heterocycles. The van der Waals surface area contributed by atoms with Crippen LogP contribution in [0.1, 0.15) is 69.4 Å². The van der Waals surface area contributed by atoms with E-state index < -0.39 is 5.60 Å². The molecular weight excluding hydrogens is 358 g/mol. The van der Waals surface area contributed by atoms with Crippen LogP contribution in [0.3, 0.4) is 0 Å². The molecule has 6 atom stereocenters. The van der Waals surface area contributed by atoms with E-state index in [1.165, 1.54) is 0 Å². The molecule has 0 aromatic heterocycles. The summed E-state index contributed by atoms with van der Waals surface area (Å²) in [6, 6.07) is 10.2. The van der Waals surface area contributed by atoms with Crippen LogP contribution in [0, 0.1) is 23.7 Å². The lowest BCUT2D eigenvalue weighted by atomic mass is 9.47. The molecular formula is C23H30ClNO2. The van der Waals surface area contributed by atoms with Gasteiger partial charge in [-0.2, -0.15) is 0 Å². The molecule has 27 heavy (non-hydrogen) atoms. The van der Waals surface area contributed by atoms with Crippen molar-refractivity contribution in [2.45, 2.75) is 74.3 Å². The van der Waals surface area contributed by atoms with Gasteiger partial charge in [-0.25, -0.2) is 0 Å². The molecule has 5 aliphatic carbocycles. The maximum absolute atomic E-state index is 13.0. The zero-order chi connectivity index (χ0) is 18.6. The predicted molar refractivity (Wildman–Crippen MR) is 106 cm³/mol. The normalized spacial score (nSPS) is 41.6. The third kappa shape index (κ3) is 3.11. The van der Waals surface area contributed by atoms with Gasteiger partial charge in [0.15, 0.2) is 0 Å². The van der Waals surface area contributed by atoms with Crippen LogP contribution in [0.2, 0.25) is 0 Å². The minimum absolute atomic E-state index is 0.0636. The van der Waals surface area contributed by atoms with Crippen LogP contribution >= 0.6 is 11.6 Å². The molecule has 4 bridgehead atoms. The van der Waals surface area contributed by atoms with Gasteiger partial charge in [-0.1, -0.05) is 43.2 Å². The van der Waals surface area contributed by atoms with Gasteiger partial charge in [0.05, 0.1) is 11.6 Å². The lowest BCUT2D eigenvalue weighted by molar-refractivity contribution is -0.175. The predicted octanol–water partition coefficient (Wildman–Crippen LogP) is 4.58. The van der Waals surface area contributed by atoms with E-state index in [2.05, 4.69) is 17.4 Å². The van der Waals surface area contributed by atoms with Crippen molar-refractivity contribution in [3.05, 3.63) is 35.9 Å². The average molecular weight is 388 g/mol. The maximum atomic E-state index is 13.0. The van der Waals surface area contributed by atoms with Crippen molar-refractivity contribution >= 4 is 17.5 Å². The Kier molecular flexibility index (Phi) is 4.32. The maximum Gasteiger partial charge on any atom is 0.223 e. The van der Waals surface area contributed by atoms with Crippen molar-refractivity contribution in [3.8, 4) is 0 Å². The van der Waals surface area contributed by atoms with Gasteiger partial charge in [-0.15, -0.1) is 11.6 Å². The van der Waals surface area contributed by atoms with Crippen LogP contribution in [0.5, 0.6) is 0 Å². The topological polar surface area (TPSA) is 49.3 Å². The van der Waals surface area contributed by atoms with Crippen molar-refractivity contribution < 1.29 is 9.90 Å². The number of rotatable bonds is 4. The molecule has 1 aromatic rings. The average Bonchev–Trinajstić information content (AvgIpc) is 3.13. The summed E-state index contributed by atoms with van der Waals surface area (Å²) in [5.74, 6) is 1.32. The summed E-state index contributed by atoms with van der Waals surface area (Å²) in [5.41, 5.74) is 0.369. The first kappa shape index (κ1) is 18.0. The fourth-order valence-corrected chi connectivity index (χ4v) is 7.78. The monoisotopic (exact) mass is 387 g/mol. The molecule has 0 spiro atoms. The Hall–Kier alpha value is -1.06. The minimum atomic E-state index is -0.755. The van der Waals surface area contributed by atoms with E-state index in [0.717, 1.165) is 56.9 Å². The first-order valence-corrected chi connectivity index (χ1v) is 11.1. The molecule has 6 rings (SSSR count). The van der Waals surface area contributed by atoms with Crippen molar-refractivity contribution in [1.82, 2.24) is 5.32 Å². The summed E-state index contributed by atoms with van der Waals surface area (Å²) in [7, 11) is 0. The van der Waals surface area contributed by atoms with Crippen LogP contribution in [0.4, 0.5) is 0 Å². The van der Waals surface area contributed by atoms with Gasteiger partial charge in [0.25, 0.3) is 0 Å². The van der Waals surface area contributed by atoms with Crippen LogP contribution in [-0.2, 0) is 4.79 Å². The molecule has 1 amide bonds. The number of nitrogens with one attached hydrogen (secondary N) is 1. The quantitative estimate of drug-likeness (QED) is 0.742. The first-order valence-electron chi connectivity index (χ1n) is 10.7. The minimum Gasteiger partial charge on any atom is -0.389 e. The van der Waals surface area contributed by atoms with E-state index in [4.69, 9.17) is 11.6 Å². The highest BCUT2D eigenvalue weighted by molar-refractivity contribution is 6.24. The highest BCUT2D eigenvalue weighted by atomic mass is 35.5. The number of carbonyl (C=O) groups excluding carboxylic acids is 1. The van der Waals surface area contributed by atoms with Gasteiger partial charge in [-0.3, -0.25) is 4.79 Å². The Labute approximate surface area is 166 Å². The number of amides is 1. The summed E-state index contributed by atoms with van der Waals surface area (Å²) in [4.78, 5) is 12.8. The summed E-state index contributed by atoms with van der Waals surface area (Å²) in [6.45, 7) is 0. The second-order valence-electron chi connectivity index (χ2n) is 9.81. The Bertz CT molecular complexity index is 718. The third-order valence-electron chi connectivity index (χ3n) is 7.85. The zero-order valence-corrected chi connectivity index (χ0v) is 16.6. The molecule has 3 nitrogen and oxygen atoms in total. The lowest BCUT2D eigenvalue weighted by Crippen LogP contribution is -2.64. The third-order valence-corrected chi connectivity index (χ3v) is 8.30. The summed E-state index contributed by atoms with van der Waals surface area (Å²) >= 11 is 6.90. The number of halogens is 1. The fraction of sp³-hybridized carbons (Fsp3) is 0.696. The van der Waals surface area contributed by atoms with Crippen LogP contribution in [0.25, 0.3) is 0 Å². The highest BCUT2D eigenvalue weighted by Crippen LogP contribution is 2.64. The van der Waals surface area contributed by atoms with E-state index in [-0.39, 0.29) is 28.7 Å². The Morgan fingerprint density at radius 3 is 2.56 bits per heavy atom. The highest BCUT2D eigenvalue weighted by Gasteiger charge is 2.63. The van der Waals surface area contributed by atoms with Gasteiger partial charge < -0.3 is 10.4 Å². The molecule has 4 heteroatoms. The lowest BCUT2D eigenvalue weighted by Gasteiger charge is -2.63.